The van der Waals surface area contributed by atoms with Crippen molar-refractivity contribution in [2.24, 2.45) is 0 Å². The van der Waals surface area contributed by atoms with Gasteiger partial charge in [0.05, 0.1) is 29.0 Å². The number of phenolic OH excluding ortho intramolecular Hbond substituents is 1. The quantitative estimate of drug-likeness (QED) is 0.513. The minimum Gasteiger partial charge on any atom is -0.507 e. The van der Waals surface area contributed by atoms with Crippen molar-refractivity contribution in [3.05, 3.63) is 42.5 Å². The van der Waals surface area contributed by atoms with Gasteiger partial charge in [-0.3, -0.25) is 0 Å². The molecule has 3 aromatic rings. The lowest BCUT2D eigenvalue weighted by Gasteiger charge is -2.40. The van der Waals surface area contributed by atoms with Crippen LogP contribution in [0.15, 0.2) is 36.5 Å². The van der Waals surface area contributed by atoms with E-state index in [4.69, 9.17) is 8.85 Å². The Morgan fingerprint density at radius 2 is 2.03 bits per heavy atom. The lowest BCUT2D eigenvalue weighted by atomic mass is 9.96. The first-order valence-corrected chi connectivity index (χ1v) is 11.7. The van der Waals surface area contributed by atoms with E-state index in [1.54, 1.807) is 18.3 Å². The topological polar surface area (TPSA) is 96.3 Å². The van der Waals surface area contributed by atoms with E-state index in [1.807, 2.05) is 4.90 Å². The van der Waals surface area contributed by atoms with Gasteiger partial charge in [-0.2, -0.15) is 9.37 Å². The van der Waals surface area contributed by atoms with Crippen LogP contribution in [0.4, 0.5) is 14.6 Å². The third-order valence-electron chi connectivity index (χ3n) is 7.11. The highest BCUT2D eigenvalue weighted by atomic mass is 19.1. The van der Waals surface area contributed by atoms with Crippen molar-refractivity contribution < 1.29 is 22.7 Å². The number of ether oxygens (including phenoxy) is 1. The van der Waals surface area contributed by atoms with Crippen LogP contribution in [0.3, 0.4) is 0 Å². The number of aromatic nitrogens is 4. The molecule has 1 aromatic carbocycles. The molecule has 2 saturated heterocycles. The zero-order valence-corrected chi connectivity index (χ0v) is 18.7. The summed E-state index contributed by atoms with van der Waals surface area (Å²) >= 11 is 0. The highest BCUT2D eigenvalue weighted by molar-refractivity contribution is 5.73. The minimum absolute atomic E-state index is 0.124. The zero-order chi connectivity index (χ0) is 26.6. The van der Waals surface area contributed by atoms with Gasteiger partial charge in [-0.25, -0.2) is 9.37 Å². The molecule has 10 heteroatoms. The Bertz CT molecular complexity index is 1340. The van der Waals surface area contributed by atoms with Crippen LogP contribution < -0.4 is 15.0 Å². The number of pyridine rings is 1. The number of halogens is 2. The van der Waals surface area contributed by atoms with E-state index in [0.29, 0.717) is 29.4 Å². The summed E-state index contributed by atoms with van der Waals surface area (Å²) in [6, 6.07) is 7.08. The van der Waals surface area contributed by atoms with Crippen LogP contribution in [0.25, 0.3) is 22.5 Å². The third-order valence-corrected chi connectivity index (χ3v) is 7.11. The molecular weight excluding hydrogens is 454 g/mol. The summed E-state index contributed by atoms with van der Waals surface area (Å²) in [5, 5.41) is 22.7. The summed E-state index contributed by atoms with van der Waals surface area (Å²) in [6.07, 6.45) is 5.09. The van der Waals surface area contributed by atoms with Gasteiger partial charge in [-0.05, 0) is 55.4 Å². The maximum absolute atomic E-state index is 15.3. The molecule has 4 heterocycles. The number of fused-ring (bicyclic) bond motifs is 2. The fourth-order valence-corrected chi connectivity index (χ4v) is 5.33. The van der Waals surface area contributed by atoms with Crippen molar-refractivity contribution in [2.75, 3.05) is 11.9 Å². The van der Waals surface area contributed by atoms with Crippen molar-refractivity contribution in [1.29, 1.82) is 0 Å². The summed E-state index contributed by atoms with van der Waals surface area (Å²) in [5.41, 5.74) is 0.981. The molecule has 1 saturated carbocycles. The monoisotopic (exact) mass is 483 g/mol. The summed E-state index contributed by atoms with van der Waals surface area (Å²) in [4.78, 5) is 9.91. The maximum Gasteiger partial charge on any atom is 0.216 e. The Morgan fingerprint density at radius 3 is 2.77 bits per heavy atom. The lowest BCUT2D eigenvalue weighted by molar-refractivity contribution is 0.171. The van der Waals surface area contributed by atoms with Crippen molar-refractivity contribution in [3.8, 4) is 34.1 Å². The molecule has 2 bridgehead atoms. The van der Waals surface area contributed by atoms with E-state index in [1.165, 1.54) is 12.1 Å². The van der Waals surface area contributed by atoms with E-state index in [2.05, 4.69) is 25.5 Å². The fourth-order valence-electron chi connectivity index (χ4n) is 5.33. The van der Waals surface area contributed by atoms with Crippen LogP contribution in [-0.4, -0.2) is 62.6 Å². The number of nitrogens with one attached hydrogen (secondary N) is 1. The number of alkyl halides is 1. The van der Waals surface area contributed by atoms with Crippen LogP contribution in [0.2, 0.25) is 0 Å². The Labute approximate surface area is 205 Å². The number of aromatic hydroxyl groups is 1. The van der Waals surface area contributed by atoms with Crippen molar-refractivity contribution in [2.45, 2.75) is 62.4 Å². The molecule has 1 aliphatic carbocycles. The Kier molecular flexibility index (Phi) is 4.68. The molecular formula is C25H26F2N6O2. The van der Waals surface area contributed by atoms with Gasteiger partial charge in [-0.15, -0.1) is 10.2 Å². The van der Waals surface area contributed by atoms with E-state index >= 15 is 4.39 Å². The van der Waals surface area contributed by atoms with E-state index in [0.717, 1.165) is 31.7 Å². The van der Waals surface area contributed by atoms with Gasteiger partial charge in [0.15, 0.2) is 11.6 Å². The standard InChI is InChI=1S/C25H26F2N6O2/c1-35-23-10-14(9-21(26)30-23)13-2-6-17(20(34)8-13)25-28-12-22(31-32-25)33(16-4-5-16)19-11-15-3-7-18(29-15)24(19)27/h2,6,8-10,12,15-16,18-19,24,29,34H,3-5,7,11H2,1H3/t15-,18-,19-,24+/m0/s1/i1D3. The predicted molar refractivity (Wildman–Crippen MR) is 125 cm³/mol. The highest BCUT2D eigenvalue weighted by Gasteiger charge is 2.48. The van der Waals surface area contributed by atoms with Crippen LogP contribution in [0.1, 0.15) is 36.2 Å². The van der Waals surface area contributed by atoms with Gasteiger partial charge >= 0.3 is 0 Å². The van der Waals surface area contributed by atoms with Crippen LogP contribution >= 0.6 is 0 Å². The first-order valence-electron chi connectivity index (χ1n) is 13.2. The van der Waals surface area contributed by atoms with Gasteiger partial charge in [0.25, 0.3) is 0 Å². The second-order valence-corrected chi connectivity index (χ2v) is 9.42. The zero-order valence-electron chi connectivity index (χ0n) is 21.7. The lowest BCUT2D eigenvalue weighted by Crippen LogP contribution is -2.57. The Balaban J connectivity index is 1.24. The number of phenols is 1. The maximum atomic E-state index is 15.3. The summed E-state index contributed by atoms with van der Waals surface area (Å²) in [6.45, 7) is 0. The predicted octanol–water partition coefficient (Wildman–Crippen LogP) is 3.65. The molecule has 2 N–H and O–H groups in total. The number of anilines is 1. The summed E-state index contributed by atoms with van der Waals surface area (Å²) in [7, 11) is -2.78. The van der Waals surface area contributed by atoms with Gasteiger partial charge in [0, 0.05) is 30.3 Å². The number of hydrogen-bond acceptors (Lipinski definition) is 8. The number of methoxy groups -OCH3 is 1. The normalized spacial score (nSPS) is 27.1. The second-order valence-electron chi connectivity index (χ2n) is 9.42. The molecule has 6 rings (SSSR count). The third kappa shape index (κ3) is 4.16. The van der Waals surface area contributed by atoms with Crippen molar-refractivity contribution >= 4 is 5.82 Å². The number of rotatable bonds is 6. The largest absolute Gasteiger partial charge is 0.507 e. The molecule has 2 aromatic heterocycles. The van der Waals surface area contributed by atoms with Crippen molar-refractivity contribution in [3.63, 3.8) is 0 Å². The molecule has 0 unspecified atom stereocenters. The fraction of sp³-hybridized carbons (Fsp3) is 0.440. The first kappa shape index (κ1) is 18.9. The molecule has 0 spiro atoms. The molecule has 4 atom stereocenters. The minimum atomic E-state index is -2.78. The van der Waals surface area contributed by atoms with Crippen LogP contribution in [0, 0.1) is 5.95 Å². The molecule has 0 radical (unpaired) electrons. The molecule has 0 amide bonds. The van der Waals surface area contributed by atoms with E-state index in [-0.39, 0.29) is 35.3 Å². The van der Waals surface area contributed by atoms with E-state index in [9.17, 15) is 9.50 Å². The van der Waals surface area contributed by atoms with Gasteiger partial charge < -0.3 is 20.1 Å². The van der Waals surface area contributed by atoms with E-state index < -0.39 is 25.0 Å². The smallest absolute Gasteiger partial charge is 0.216 e. The summed E-state index contributed by atoms with van der Waals surface area (Å²) in [5.74, 6) is -0.793. The average Bonchev–Trinajstić information content (AvgIpc) is 3.61. The Hall–Kier alpha value is -3.40. The molecule has 2 aliphatic heterocycles. The second kappa shape index (κ2) is 8.67. The summed E-state index contributed by atoms with van der Waals surface area (Å²) < 4.78 is 55.6. The van der Waals surface area contributed by atoms with Crippen LogP contribution in [0.5, 0.6) is 11.6 Å². The molecule has 182 valence electrons. The molecule has 35 heavy (non-hydrogen) atoms. The molecule has 3 fully saturated rings. The molecule has 8 nitrogen and oxygen atoms in total. The number of piperidine rings is 1. The number of hydrogen-bond donors (Lipinski definition) is 2. The molecule has 3 aliphatic rings. The highest BCUT2D eigenvalue weighted by Crippen LogP contribution is 2.40. The first-order chi connectivity index (χ1) is 18.1. The van der Waals surface area contributed by atoms with Gasteiger partial charge in [0.1, 0.15) is 11.9 Å². The van der Waals surface area contributed by atoms with Crippen LogP contribution in [-0.2, 0) is 0 Å². The van der Waals surface area contributed by atoms with Crippen molar-refractivity contribution in [1.82, 2.24) is 25.5 Å². The van der Waals surface area contributed by atoms with Gasteiger partial charge in [-0.1, -0.05) is 6.07 Å². The van der Waals surface area contributed by atoms with Gasteiger partial charge in [0.2, 0.25) is 11.8 Å². The Morgan fingerprint density at radius 1 is 1.14 bits per heavy atom. The SMILES string of the molecule is [2H]C([2H])([2H])Oc1cc(-c2ccc(-c3ncc(N(C4CC4)[C@H]4C[C@@H]5CC[C@H](N5)[C@H]4F)nn3)c(O)c2)cc(F)n1. The average molecular weight is 484 g/mol. The number of benzene rings is 1. The number of nitrogens with zero attached hydrogens (tertiary/aromatic N) is 5.